The zero-order valence-corrected chi connectivity index (χ0v) is 11.1. The first-order valence-electron chi connectivity index (χ1n) is 6.12. The smallest absolute Gasteiger partial charge is 0.161 e. The van der Waals surface area contributed by atoms with Gasteiger partial charge >= 0.3 is 0 Å². The topological polar surface area (TPSA) is 85.8 Å². The number of aryl methyl sites for hydroxylation is 1. The summed E-state index contributed by atoms with van der Waals surface area (Å²) in [5.41, 5.74) is 7.61. The molecule has 3 N–H and O–H groups in total. The highest BCUT2D eigenvalue weighted by Gasteiger charge is 2.07. The SMILES string of the molecule is CCn1cnnc1CNc1ccc(N)c(C(C)=O)c1. The quantitative estimate of drug-likeness (QED) is 0.630. The molecule has 0 spiro atoms. The molecule has 0 atom stereocenters. The zero-order valence-electron chi connectivity index (χ0n) is 11.1. The molecule has 0 saturated carbocycles. The van der Waals surface area contributed by atoms with Crippen molar-refractivity contribution in [2.45, 2.75) is 26.9 Å². The Kier molecular flexibility index (Phi) is 3.79. The van der Waals surface area contributed by atoms with Crippen molar-refractivity contribution in [3.63, 3.8) is 0 Å². The highest BCUT2D eigenvalue weighted by Crippen LogP contribution is 2.18. The summed E-state index contributed by atoms with van der Waals surface area (Å²) in [7, 11) is 0. The van der Waals surface area contributed by atoms with Gasteiger partial charge in [0.2, 0.25) is 0 Å². The lowest BCUT2D eigenvalue weighted by Gasteiger charge is -2.09. The van der Waals surface area contributed by atoms with Crippen molar-refractivity contribution in [2.75, 3.05) is 11.1 Å². The van der Waals surface area contributed by atoms with Crippen LogP contribution in [0.4, 0.5) is 11.4 Å². The first kappa shape index (κ1) is 13.1. The van der Waals surface area contributed by atoms with E-state index in [1.165, 1.54) is 6.92 Å². The van der Waals surface area contributed by atoms with Crippen LogP contribution in [0.25, 0.3) is 0 Å². The van der Waals surface area contributed by atoms with Gasteiger partial charge in [0.25, 0.3) is 0 Å². The first-order valence-corrected chi connectivity index (χ1v) is 6.12. The molecule has 0 unspecified atom stereocenters. The Morgan fingerprint density at radius 1 is 1.47 bits per heavy atom. The lowest BCUT2D eigenvalue weighted by atomic mass is 10.1. The third-order valence-corrected chi connectivity index (χ3v) is 2.92. The lowest BCUT2D eigenvalue weighted by Crippen LogP contribution is -2.08. The van der Waals surface area contributed by atoms with Crippen molar-refractivity contribution >= 4 is 17.2 Å². The summed E-state index contributed by atoms with van der Waals surface area (Å²) in [4.78, 5) is 11.4. The van der Waals surface area contributed by atoms with E-state index in [-0.39, 0.29) is 5.78 Å². The molecule has 2 aromatic rings. The van der Waals surface area contributed by atoms with Crippen LogP contribution in [0.5, 0.6) is 0 Å². The average Bonchev–Trinajstić information content (AvgIpc) is 2.84. The fraction of sp³-hybridized carbons (Fsp3) is 0.308. The number of nitrogens with two attached hydrogens (primary N) is 1. The second-order valence-electron chi connectivity index (χ2n) is 4.24. The number of anilines is 2. The molecule has 1 aromatic heterocycles. The summed E-state index contributed by atoms with van der Waals surface area (Å²) < 4.78 is 1.95. The van der Waals surface area contributed by atoms with Gasteiger partial charge in [-0.1, -0.05) is 0 Å². The molecule has 1 aromatic carbocycles. The highest BCUT2D eigenvalue weighted by molar-refractivity contribution is 5.99. The van der Waals surface area contributed by atoms with E-state index in [0.29, 0.717) is 17.8 Å². The number of nitrogen functional groups attached to an aromatic ring is 1. The number of Topliss-reactive ketones (excluding diaryl/α,β-unsaturated/α-hetero) is 1. The summed E-state index contributed by atoms with van der Waals surface area (Å²) in [5, 5.41) is 11.1. The van der Waals surface area contributed by atoms with Gasteiger partial charge in [0.05, 0.1) is 6.54 Å². The molecule has 1 heterocycles. The van der Waals surface area contributed by atoms with E-state index < -0.39 is 0 Å². The van der Waals surface area contributed by atoms with Crippen LogP contribution in [0, 0.1) is 0 Å². The Bertz CT molecular complexity index is 590. The maximum Gasteiger partial charge on any atom is 0.161 e. The number of benzene rings is 1. The normalized spacial score (nSPS) is 10.4. The number of carbonyl (C=O) groups is 1. The van der Waals surface area contributed by atoms with Gasteiger partial charge in [-0.2, -0.15) is 0 Å². The molecule has 0 aliphatic carbocycles. The fourth-order valence-corrected chi connectivity index (χ4v) is 1.83. The third kappa shape index (κ3) is 2.90. The van der Waals surface area contributed by atoms with E-state index in [9.17, 15) is 4.79 Å². The van der Waals surface area contributed by atoms with Crippen LogP contribution in [-0.2, 0) is 13.1 Å². The third-order valence-electron chi connectivity index (χ3n) is 2.92. The summed E-state index contributed by atoms with van der Waals surface area (Å²) >= 11 is 0. The largest absolute Gasteiger partial charge is 0.398 e. The zero-order chi connectivity index (χ0) is 13.8. The number of rotatable bonds is 5. The van der Waals surface area contributed by atoms with Crippen LogP contribution < -0.4 is 11.1 Å². The van der Waals surface area contributed by atoms with E-state index in [2.05, 4.69) is 15.5 Å². The van der Waals surface area contributed by atoms with Crippen LogP contribution in [0.1, 0.15) is 30.0 Å². The Hall–Kier alpha value is -2.37. The number of nitrogens with one attached hydrogen (secondary N) is 1. The van der Waals surface area contributed by atoms with Crippen LogP contribution in [0.3, 0.4) is 0 Å². The van der Waals surface area contributed by atoms with Crippen LogP contribution in [0.2, 0.25) is 0 Å². The van der Waals surface area contributed by atoms with Gasteiger partial charge in [-0.3, -0.25) is 4.79 Å². The van der Waals surface area contributed by atoms with Gasteiger partial charge < -0.3 is 15.6 Å². The summed E-state index contributed by atoms with van der Waals surface area (Å²) in [6.45, 7) is 4.91. The second-order valence-corrected chi connectivity index (χ2v) is 4.24. The standard InChI is InChI=1S/C13H17N5O/c1-3-18-8-16-17-13(18)7-15-10-4-5-12(14)11(6-10)9(2)19/h4-6,8,15H,3,7,14H2,1-2H3. The van der Waals surface area contributed by atoms with E-state index in [1.54, 1.807) is 18.5 Å². The second kappa shape index (κ2) is 5.51. The van der Waals surface area contributed by atoms with Crippen molar-refractivity contribution in [2.24, 2.45) is 0 Å². The van der Waals surface area contributed by atoms with E-state index >= 15 is 0 Å². The Morgan fingerprint density at radius 2 is 2.26 bits per heavy atom. The van der Waals surface area contributed by atoms with Crippen LogP contribution in [0.15, 0.2) is 24.5 Å². The molecule has 6 heteroatoms. The number of ketones is 1. The molecule has 19 heavy (non-hydrogen) atoms. The molecule has 0 aliphatic rings. The van der Waals surface area contributed by atoms with Crippen molar-refractivity contribution in [1.82, 2.24) is 14.8 Å². The van der Waals surface area contributed by atoms with Crippen molar-refractivity contribution < 1.29 is 4.79 Å². The minimum atomic E-state index is -0.0436. The molecular formula is C13H17N5O. The average molecular weight is 259 g/mol. The van der Waals surface area contributed by atoms with Crippen molar-refractivity contribution in [3.8, 4) is 0 Å². The molecule has 2 rings (SSSR count). The molecule has 100 valence electrons. The molecule has 0 bridgehead atoms. The number of nitrogens with zero attached hydrogens (tertiary/aromatic N) is 3. The number of carbonyl (C=O) groups excluding carboxylic acids is 1. The predicted molar refractivity (Wildman–Crippen MR) is 73.9 cm³/mol. The van der Waals surface area contributed by atoms with Gasteiger partial charge in [-0.25, -0.2) is 0 Å². The molecule has 0 saturated heterocycles. The molecule has 0 amide bonds. The van der Waals surface area contributed by atoms with Gasteiger partial charge in [-0.05, 0) is 32.0 Å². The van der Waals surface area contributed by atoms with E-state index in [0.717, 1.165) is 18.1 Å². The predicted octanol–water partition coefficient (Wildman–Crippen LogP) is 1.69. The Morgan fingerprint density at radius 3 is 2.95 bits per heavy atom. The Balaban J connectivity index is 2.12. The minimum absolute atomic E-state index is 0.0436. The monoisotopic (exact) mass is 259 g/mol. The van der Waals surface area contributed by atoms with Gasteiger partial charge in [-0.15, -0.1) is 10.2 Å². The summed E-state index contributed by atoms with van der Waals surface area (Å²) in [6, 6.07) is 5.32. The molecular weight excluding hydrogens is 242 g/mol. The van der Waals surface area contributed by atoms with Crippen molar-refractivity contribution in [1.29, 1.82) is 0 Å². The number of hydrogen-bond donors (Lipinski definition) is 2. The molecule has 0 aliphatic heterocycles. The molecule has 6 nitrogen and oxygen atoms in total. The number of hydrogen-bond acceptors (Lipinski definition) is 5. The summed E-state index contributed by atoms with van der Waals surface area (Å²) in [6.07, 6.45) is 1.70. The Labute approximate surface area is 111 Å². The van der Waals surface area contributed by atoms with Crippen molar-refractivity contribution in [3.05, 3.63) is 35.9 Å². The summed E-state index contributed by atoms with van der Waals surface area (Å²) in [5.74, 6) is 0.807. The maximum absolute atomic E-state index is 11.4. The van der Waals surface area contributed by atoms with Gasteiger partial charge in [0, 0.05) is 23.5 Å². The number of aromatic nitrogens is 3. The van der Waals surface area contributed by atoms with Gasteiger partial charge in [0.1, 0.15) is 6.33 Å². The van der Waals surface area contributed by atoms with E-state index in [4.69, 9.17) is 5.73 Å². The minimum Gasteiger partial charge on any atom is -0.398 e. The lowest BCUT2D eigenvalue weighted by molar-refractivity contribution is 0.101. The van der Waals surface area contributed by atoms with E-state index in [1.807, 2.05) is 17.6 Å². The van der Waals surface area contributed by atoms with Gasteiger partial charge in [0.15, 0.2) is 11.6 Å². The first-order chi connectivity index (χ1) is 9.11. The van der Waals surface area contributed by atoms with Crippen LogP contribution in [-0.4, -0.2) is 20.5 Å². The highest BCUT2D eigenvalue weighted by atomic mass is 16.1. The maximum atomic E-state index is 11.4. The fourth-order valence-electron chi connectivity index (χ4n) is 1.83. The van der Waals surface area contributed by atoms with Crippen LogP contribution >= 0.6 is 0 Å². The molecule has 0 radical (unpaired) electrons. The molecule has 0 fully saturated rings.